The Morgan fingerprint density at radius 2 is 2.06 bits per heavy atom. The fourth-order valence-electron chi connectivity index (χ4n) is 3.14. The fourth-order valence-corrected chi connectivity index (χ4v) is 3.14. The molecule has 1 atom stereocenters. The molecule has 1 aliphatic carbocycles. The molecule has 0 aromatic heterocycles. The number of rotatable bonds is 1. The van der Waals surface area contributed by atoms with Gasteiger partial charge in [-0.1, -0.05) is 12.1 Å². The molecule has 0 saturated carbocycles. The second-order valence-electron chi connectivity index (χ2n) is 4.98. The van der Waals surface area contributed by atoms with Crippen molar-refractivity contribution in [1.29, 1.82) is 0 Å². The van der Waals surface area contributed by atoms with Crippen molar-refractivity contribution in [3.8, 4) is 0 Å². The molecular weight excluding hydrogens is 212 g/mol. The van der Waals surface area contributed by atoms with Gasteiger partial charge in [0, 0.05) is 24.8 Å². The number of hydrogen-bond donors (Lipinski definition) is 1. The van der Waals surface area contributed by atoms with Crippen molar-refractivity contribution >= 4 is 5.69 Å². The second kappa shape index (κ2) is 4.67. The molecule has 1 aliphatic heterocycles. The number of fused-ring (bicyclic) bond motifs is 1. The van der Waals surface area contributed by atoms with Crippen LogP contribution in [0.2, 0.25) is 0 Å². The molecular formula is C14H20N2O. The van der Waals surface area contributed by atoms with Crippen LogP contribution in [0.1, 0.15) is 30.0 Å². The van der Waals surface area contributed by atoms with Crippen LogP contribution in [0.3, 0.4) is 0 Å². The van der Waals surface area contributed by atoms with Gasteiger partial charge in [0.15, 0.2) is 0 Å². The molecule has 1 aromatic rings. The number of benzene rings is 1. The monoisotopic (exact) mass is 232 g/mol. The van der Waals surface area contributed by atoms with Crippen LogP contribution in [0.4, 0.5) is 5.69 Å². The first-order valence-electron chi connectivity index (χ1n) is 6.55. The van der Waals surface area contributed by atoms with Crippen LogP contribution in [-0.4, -0.2) is 31.2 Å². The molecule has 1 fully saturated rings. The summed E-state index contributed by atoms with van der Waals surface area (Å²) >= 11 is 0. The van der Waals surface area contributed by atoms with Gasteiger partial charge in [-0.15, -0.1) is 0 Å². The summed E-state index contributed by atoms with van der Waals surface area (Å²) in [5.41, 5.74) is 9.99. The van der Waals surface area contributed by atoms with Gasteiger partial charge in [0.1, 0.15) is 0 Å². The van der Waals surface area contributed by atoms with Crippen LogP contribution in [0.15, 0.2) is 18.2 Å². The Balaban J connectivity index is 1.92. The number of ether oxygens (including phenoxy) is 1. The Hall–Kier alpha value is -1.06. The number of nitrogens with zero attached hydrogens (tertiary/aromatic N) is 1. The van der Waals surface area contributed by atoms with Gasteiger partial charge in [0.2, 0.25) is 0 Å². The smallest absolute Gasteiger partial charge is 0.0594 e. The number of nitrogens with two attached hydrogens (primary N) is 1. The molecule has 0 bridgehead atoms. The Labute approximate surface area is 103 Å². The first-order chi connectivity index (χ1) is 8.36. The molecule has 92 valence electrons. The SMILES string of the molecule is Nc1cccc2c1C(N1CCOCC1)CCC2. The molecule has 3 nitrogen and oxygen atoms in total. The number of hydrogen-bond acceptors (Lipinski definition) is 3. The maximum atomic E-state index is 6.18. The van der Waals surface area contributed by atoms with E-state index in [0.717, 1.165) is 32.0 Å². The lowest BCUT2D eigenvalue weighted by Gasteiger charge is -2.38. The minimum atomic E-state index is 0.517. The summed E-state index contributed by atoms with van der Waals surface area (Å²) in [6.07, 6.45) is 3.70. The molecule has 3 heteroatoms. The molecule has 0 radical (unpaired) electrons. The summed E-state index contributed by atoms with van der Waals surface area (Å²) in [6, 6.07) is 6.87. The van der Waals surface area contributed by atoms with E-state index in [1.54, 1.807) is 0 Å². The van der Waals surface area contributed by atoms with Crippen molar-refractivity contribution in [3.63, 3.8) is 0 Å². The molecule has 2 N–H and O–H groups in total. The van der Waals surface area contributed by atoms with Crippen molar-refractivity contribution in [1.82, 2.24) is 4.90 Å². The standard InChI is InChI=1S/C14H20N2O/c15-12-5-1-3-11-4-2-6-13(14(11)12)16-7-9-17-10-8-16/h1,3,5,13H,2,4,6-10,15H2. The van der Waals surface area contributed by atoms with Gasteiger partial charge >= 0.3 is 0 Å². The number of aryl methyl sites for hydroxylation is 1. The lowest BCUT2D eigenvalue weighted by atomic mass is 9.85. The van der Waals surface area contributed by atoms with Gasteiger partial charge in [0.05, 0.1) is 13.2 Å². The normalized spacial score (nSPS) is 25.5. The van der Waals surface area contributed by atoms with Gasteiger partial charge in [-0.2, -0.15) is 0 Å². The molecule has 1 unspecified atom stereocenters. The predicted octanol–water partition coefficient (Wildman–Crippen LogP) is 1.98. The zero-order valence-corrected chi connectivity index (χ0v) is 10.2. The van der Waals surface area contributed by atoms with E-state index in [0.29, 0.717) is 6.04 Å². The molecule has 17 heavy (non-hydrogen) atoms. The number of nitrogen functional groups attached to an aromatic ring is 1. The van der Waals surface area contributed by atoms with Crippen molar-refractivity contribution < 1.29 is 4.74 Å². The quantitative estimate of drug-likeness (QED) is 0.752. The van der Waals surface area contributed by atoms with E-state index in [-0.39, 0.29) is 0 Å². The average Bonchev–Trinajstić information content (AvgIpc) is 2.39. The van der Waals surface area contributed by atoms with E-state index in [1.165, 1.54) is 30.4 Å². The van der Waals surface area contributed by atoms with Crippen molar-refractivity contribution in [2.24, 2.45) is 0 Å². The highest BCUT2D eigenvalue weighted by atomic mass is 16.5. The zero-order valence-electron chi connectivity index (χ0n) is 10.2. The first kappa shape index (κ1) is 11.1. The van der Waals surface area contributed by atoms with Gasteiger partial charge in [0.25, 0.3) is 0 Å². The molecule has 3 rings (SSSR count). The fraction of sp³-hybridized carbons (Fsp3) is 0.571. The van der Waals surface area contributed by atoms with Crippen molar-refractivity contribution in [3.05, 3.63) is 29.3 Å². The van der Waals surface area contributed by atoms with E-state index in [2.05, 4.69) is 17.0 Å². The lowest BCUT2D eigenvalue weighted by Crippen LogP contribution is -2.40. The summed E-state index contributed by atoms with van der Waals surface area (Å²) < 4.78 is 5.44. The van der Waals surface area contributed by atoms with Crippen LogP contribution < -0.4 is 5.73 Å². The topological polar surface area (TPSA) is 38.5 Å². The largest absolute Gasteiger partial charge is 0.398 e. The van der Waals surface area contributed by atoms with Crippen LogP contribution in [0.25, 0.3) is 0 Å². The molecule has 0 amide bonds. The first-order valence-corrected chi connectivity index (χ1v) is 6.55. The summed E-state index contributed by atoms with van der Waals surface area (Å²) in [7, 11) is 0. The second-order valence-corrected chi connectivity index (χ2v) is 4.98. The lowest BCUT2D eigenvalue weighted by molar-refractivity contribution is 0.0126. The highest BCUT2D eigenvalue weighted by Gasteiger charge is 2.28. The molecule has 2 aliphatic rings. The van der Waals surface area contributed by atoms with Gasteiger partial charge < -0.3 is 10.5 Å². The Morgan fingerprint density at radius 1 is 1.24 bits per heavy atom. The molecule has 1 aromatic carbocycles. The Morgan fingerprint density at radius 3 is 2.88 bits per heavy atom. The van der Waals surface area contributed by atoms with E-state index < -0.39 is 0 Å². The molecule has 1 heterocycles. The third kappa shape index (κ3) is 2.05. The third-order valence-electron chi connectivity index (χ3n) is 3.97. The van der Waals surface area contributed by atoms with E-state index >= 15 is 0 Å². The number of anilines is 1. The average molecular weight is 232 g/mol. The third-order valence-corrected chi connectivity index (χ3v) is 3.97. The summed E-state index contributed by atoms with van der Waals surface area (Å²) in [6.45, 7) is 3.80. The summed E-state index contributed by atoms with van der Waals surface area (Å²) in [5, 5.41) is 0. The Bertz CT molecular complexity index is 399. The summed E-state index contributed by atoms with van der Waals surface area (Å²) in [5.74, 6) is 0. The zero-order chi connectivity index (χ0) is 11.7. The maximum absolute atomic E-state index is 6.18. The van der Waals surface area contributed by atoms with Gasteiger partial charge in [-0.3, -0.25) is 4.90 Å². The van der Waals surface area contributed by atoms with Crippen LogP contribution >= 0.6 is 0 Å². The van der Waals surface area contributed by atoms with Crippen LogP contribution in [-0.2, 0) is 11.2 Å². The van der Waals surface area contributed by atoms with Crippen molar-refractivity contribution in [2.45, 2.75) is 25.3 Å². The van der Waals surface area contributed by atoms with Crippen LogP contribution in [0.5, 0.6) is 0 Å². The minimum absolute atomic E-state index is 0.517. The van der Waals surface area contributed by atoms with E-state index in [1.807, 2.05) is 6.07 Å². The van der Waals surface area contributed by atoms with E-state index in [9.17, 15) is 0 Å². The summed E-state index contributed by atoms with van der Waals surface area (Å²) in [4.78, 5) is 2.54. The van der Waals surface area contributed by atoms with E-state index in [4.69, 9.17) is 10.5 Å². The highest BCUT2D eigenvalue weighted by molar-refractivity contribution is 5.53. The van der Waals surface area contributed by atoms with Gasteiger partial charge in [-0.25, -0.2) is 0 Å². The van der Waals surface area contributed by atoms with Gasteiger partial charge in [-0.05, 0) is 36.5 Å². The molecule has 0 spiro atoms. The Kier molecular flexibility index (Phi) is 3.04. The molecule has 1 saturated heterocycles. The highest BCUT2D eigenvalue weighted by Crippen LogP contribution is 2.37. The van der Waals surface area contributed by atoms with Crippen molar-refractivity contribution in [2.75, 3.05) is 32.0 Å². The maximum Gasteiger partial charge on any atom is 0.0594 e. The van der Waals surface area contributed by atoms with Crippen LogP contribution in [0, 0.1) is 0 Å². The number of morpholine rings is 1. The minimum Gasteiger partial charge on any atom is -0.398 e. The predicted molar refractivity (Wildman–Crippen MR) is 68.9 cm³/mol.